The normalized spacial score (nSPS) is 12.8. The zero-order chi connectivity index (χ0) is 84.1. The molecule has 18 aromatic carbocycles. The summed E-state index contributed by atoms with van der Waals surface area (Å²) in [4.78, 5) is 5.38. The van der Waals surface area contributed by atoms with E-state index < -0.39 is 6.71 Å². The molecule has 0 saturated carbocycles. The molecule has 0 unspecified atom stereocenters. The van der Waals surface area contributed by atoms with Crippen molar-refractivity contribution in [2.75, 3.05) is 9.80 Å². The number of nitrogens with zero attached hydrogens (tertiary/aromatic N) is 5. The quantitative estimate of drug-likeness (QED) is 0.127. The Morgan fingerprint density at radius 2 is 0.683 bits per heavy atom. The smallest absolute Gasteiger partial charge is 0.252 e. The molecular formula is C117H80BN5O3. The lowest BCUT2D eigenvalue weighted by molar-refractivity contribution is 0.590. The van der Waals surface area contributed by atoms with Crippen LogP contribution in [0.1, 0.15) is 58.2 Å². The molecule has 594 valence electrons. The van der Waals surface area contributed by atoms with Crippen molar-refractivity contribution in [2.24, 2.45) is 0 Å². The van der Waals surface area contributed by atoms with Gasteiger partial charge in [-0.1, -0.05) is 290 Å². The molecule has 2 aliphatic heterocycles. The van der Waals surface area contributed by atoms with Gasteiger partial charge in [0.15, 0.2) is 0 Å². The predicted octanol–water partition coefficient (Wildman–Crippen LogP) is 30.1. The van der Waals surface area contributed by atoms with Crippen LogP contribution in [0.15, 0.2) is 389 Å². The van der Waals surface area contributed by atoms with Gasteiger partial charge in [-0.25, -0.2) is 0 Å². The average Bonchev–Trinajstić information content (AvgIpc) is 0.950. The predicted molar refractivity (Wildman–Crippen MR) is 526 cm³/mol. The Hall–Kier alpha value is -15.9. The third-order valence-electron chi connectivity index (χ3n) is 26.8. The molecule has 0 N–H and O–H groups in total. The fourth-order valence-corrected chi connectivity index (χ4v) is 21.0. The van der Waals surface area contributed by atoms with Crippen LogP contribution in [-0.2, 0) is 10.8 Å². The van der Waals surface area contributed by atoms with Gasteiger partial charge in [-0.3, -0.25) is 0 Å². The maximum atomic E-state index is 10.8. The maximum Gasteiger partial charge on any atom is 0.252 e. The standard InChI is InChI=1S/C117H80BN5O3/c1-116(2,3)76-54-59-99-92(63-76)91-60-70(69-119)52-57-98(91)120(99)78-55-56-94-101(66-78)123(115-90(72-30-11-8-12-31-72)64-77(117(4,5)6)65-93(115)84-41-27-51-109-112(84)89-38-17-22-48-106(89)126-109)103-68-79(121-96-44-18-13-34-80(96)81-35-14-19-45-97(81)121)67-102-113(103)118(94)95-62-75(74-33-23-32-73(61-74)71-28-9-7-10-29-71)53-58-100(95)122(102)114-85(82-39-25-49-107-110(82)87-36-15-20-46-104(87)124-107)42-24-43-86(114)83-40-26-50-108-111(83)88-37-16-21-47-105(88)125-108/h7-68H,1-6H3. The average molecular weight is 1610 g/mol. The molecule has 126 heavy (non-hydrogen) atoms. The van der Waals surface area contributed by atoms with Crippen LogP contribution in [0.25, 0.3) is 188 Å². The summed E-state index contributed by atoms with van der Waals surface area (Å²) >= 11 is 0. The zero-order valence-electron chi connectivity index (χ0n) is 70.3. The molecule has 9 heteroatoms. The summed E-state index contributed by atoms with van der Waals surface area (Å²) in [5, 5.41) is 21.4. The molecule has 7 heterocycles. The van der Waals surface area contributed by atoms with Gasteiger partial charge in [0.05, 0.1) is 50.8 Å². The molecule has 2 aliphatic rings. The van der Waals surface area contributed by atoms with Gasteiger partial charge in [0.1, 0.15) is 33.5 Å². The van der Waals surface area contributed by atoms with Crippen LogP contribution in [0.5, 0.6) is 0 Å². The van der Waals surface area contributed by atoms with Gasteiger partial charge in [0, 0.05) is 105 Å². The third-order valence-corrected chi connectivity index (χ3v) is 26.8. The molecule has 0 fully saturated rings. The van der Waals surface area contributed by atoms with E-state index in [1.807, 2.05) is 6.07 Å². The highest BCUT2D eigenvalue weighted by molar-refractivity contribution is 7.00. The Labute approximate surface area is 728 Å². The number of benzene rings is 18. The SMILES string of the molecule is CC(C)(C)c1cc(-c2ccccc2)c(N2c3cc(-n4c5ccc(C#N)cc5c5cc(C(C)(C)C)ccc54)ccc3B3c4cc(-c5cccc(-c6ccccc6)c5)ccc4N(c4c(-c5cccc6oc7ccccc7c56)cccc4-c4cccc5oc6ccccc6c45)c4cc(-n5c6ccccc6c6ccccc65)cc2c43)c(-c2cccc3oc4ccccc4c23)c1. The van der Waals surface area contributed by atoms with E-state index >= 15 is 0 Å². The summed E-state index contributed by atoms with van der Waals surface area (Å²) in [7, 11) is 0. The van der Waals surface area contributed by atoms with E-state index in [1.54, 1.807) is 0 Å². The number of aromatic nitrogens is 2. The molecule has 0 bridgehead atoms. The van der Waals surface area contributed by atoms with Gasteiger partial charge in [0.25, 0.3) is 6.71 Å². The fraction of sp³-hybridized carbons (Fsp3) is 0.0684. The molecule has 23 aromatic rings. The van der Waals surface area contributed by atoms with Crippen LogP contribution in [0.2, 0.25) is 0 Å². The van der Waals surface area contributed by atoms with Crippen LogP contribution in [0.4, 0.5) is 34.1 Å². The van der Waals surface area contributed by atoms with E-state index in [0.717, 1.165) is 238 Å². The summed E-state index contributed by atoms with van der Waals surface area (Å²) in [6, 6.07) is 142. The number of anilines is 6. The maximum absolute atomic E-state index is 10.8. The third kappa shape index (κ3) is 11.0. The van der Waals surface area contributed by atoms with Crippen LogP contribution >= 0.6 is 0 Å². The first kappa shape index (κ1) is 72.9. The second kappa shape index (κ2) is 27.6. The Bertz CT molecular complexity index is 8420. The van der Waals surface area contributed by atoms with Gasteiger partial charge in [-0.05, 0) is 210 Å². The first-order chi connectivity index (χ1) is 61.7. The lowest BCUT2D eigenvalue weighted by Crippen LogP contribution is -2.61. The van der Waals surface area contributed by atoms with Crippen molar-refractivity contribution >= 4 is 167 Å². The summed E-state index contributed by atoms with van der Waals surface area (Å²) in [6.45, 7) is 13.4. The lowest BCUT2D eigenvalue weighted by atomic mass is 9.33. The molecule has 5 aromatic heterocycles. The second-order valence-electron chi connectivity index (χ2n) is 36.1. The number of fused-ring (bicyclic) bond motifs is 19. The minimum Gasteiger partial charge on any atom is -0.456 e. The van der Waals surface area contributed by atoms with Gasteiger partial charge < -0.3 is 32.2 Å². The minimum absolute atomic E-state index is 0.165. The second-order valence-corrected chi connectivity index (χ2v) is 36.1. The van der Waals surface area contributed by atoms with Crippen molar-refractivity contribution in [3.63, 3.8) is 0 Å². The van der Waals surface area contributed by atoms with Crippen molar-refractivity contribution in [1.82, 2.24) is 9.13 Å². The zero-order valence-corrected chi connectivity index (χ0v) is 70.3. The monoisotopic (exact) mass is 1610 g/mol. The first-order valence-electron chi connectivity index (χ1n) is 43.5. The van der Waals surface area contributed by atoms with Crippen LogP contribution in [0, 0.1) is 11.3 Å². The van der Waals surface area contributed by atoms with E-state index in [4.69, 9.17) is 13.3 Å². The van der Waals surface area contributed by atoms with Crippen molar-refractivity contribution in [3.05, 3.63) is 393 Å². The topological polar surface area (TPSA) is 79.5 Å². The van der Waals surface area contributed by atoms with Gasteiger partial charge in [-0.2, -0.15) is 5.26 Å². The van der Waals surface area contributed by atoms with Crippen molar-refractivity contribution < 1.29 is 13.3 Å². The number of nitriles is 1. The van der Waals surface area contributed by atoms with Crippen molar-refractivity contribution in [1.29, 1.82) is 5.26 Å². The van der Waals surface area contributed by atoms with Crippen molar-refractivity contribution in [2.45, 2.75) is 52.4 Å². The van der Waals surface area contributed by atoms with E-state index in [0.29, 0.717) is 5.56 Å². The number of rotatable bonds is 10. The van der Waals surface area contributed by atoms with Crippen LogP contribution in [-0.4, -0.2) is 15.8 Å². The molecule has 25 rings (SSSR count). The first-order valence-corrected chi connectivity index (χ1v) is 43.5. The summed E-state index contributed by atoms with van der Waals surface area (Å²) in [5.41, 5.74) is 35.7. The molecular weight excluding hydrogens is 1530 g/mol. The number of furan rings is 3. The number of hydrogen-bond acceptors (Lipinski definition) is 6. The molecule has 0 amide bonds. The van der Waals surface area contributed by atoms with E-state index in [2.05, 4.69) is 437 Å². The Kier molecular flexibility index (Phi) is 15.9. The summed E-state index contributed by atoms with van der Waals surface area (Å²) < 4.78 is 26.0. The van der Waals surface area contributed by atoms with E-state index in [1.165, 1.54) is 11.1 Å². The molecule has 0 aliphatic carbocycles. The molecule has 0 radical (unpaired) electrons. The highest BCUT2D eigenvalue weighted by Crippen LogP contribution is 2.58. The fourth-order valence-electron chi connectivity index (χ4n) is 21.0. The molecule has 0 atom stereocenters. The van der Waals surface area contributed by atoms with Gasteiger partial charge in [0.2, 0.25) is 0 Å². The highest BCUT2D eigenvalue weighted by atomic mass is 16.3. The number of para-hydroxylation sites is 6. The van der Waals surface area contributed by atoms with Crippen molar-refractivity contribution in [3.8, 4) is 84.2 Å². The summed E-state index contributed by atoms with van der Waals surface area (Å²) in [6.07, 6.45) is 0. The highest BCUT2D eigenvalue weighted by Gasteiger charge is 2.47. The Balaban J connectivity index is 0.895. The van der Waals surface area contributed by atoms with E-state index in [9.17, 15) is 5.26 Å². The lowest BCUT2D eigenvalue weighted by Gasteiger charge is -2.46. The number of hydrogen-bond donors (Lipinski definition) is 0. The molecule has 8 nitrogen and oxygen atoms in total. The van der Waals surface area contributed by atoms with Crippen LogP contribution < -0.4 is 26.2 Å². The Morgan fingerprint density at radius 3 is 1.25 bits per heavy atom. The van der Waals surface area contributed by atoms with E-state index in [-0.39, 0.29) is 10.8 Å². The largest absolute Gasteiger partial charge is 0.456 e. The molecule has 0 spiro atoms. The van der Waals surface area contributed by atoms with Gasteiger partial charge >= 0.3 is 0 Å². The summed E-state index contributed by atoms with van der Waals surface area (Å²) in [5.74, 6) is 0. The van der Waals surface area contributed by atoms with Crippen LogP contribution in [0.3, 0.4) is 0 Å². The molecule has 0 saturated heterocycles. The minimum atomic E-state index is -0.450. The van der Waals surface area contributed by atoms with Gasteiger partial charge in [-0.15, -0.1) is 0 Å². The Morgan fingerprint density at radius 1 is 0.262 bits per heavy atom.